The molecule has 3 aliphatic rings. The first kappa shape index (κ1) is 21.4. The number of carbonyl (C=O) groups is 2. The number of thioether (sulfide) groups is 1. The second-order valence-electron chi connectivity index (χ2n) is 9.05. The van der Waals surface area contributed by atoms with Crippen LogP contribution in [0.5, 0.6) is 0 Å². The summed E-state index contributed by atoms with van der Waals surface area (Å²) in [6.07, 6.45) is 3.89. The van der Waals surface area contributed by atoms with E-state index in [4.69, 9.17) is 9.15 Å². The number of hydrogen-bond donors (Lipinski definition) is 0. The minimum Gasteiger partial charge on any atom is -0.459 e. The van der Waals surface area contributed by atoms with Gasteiger partial charge in [-0.05, 0) is 66.6 Å². The van der Waals surface area contributed by atoms with E-state index < -0.39 is 22.5 Å². The summed E-state index contributed by atoms with van der Waals surface area (Å²) < 4.78 is 24.5. The zero-order valence-corrected chi connectivity index (χ0v) is 19.2. The Hall–Kier alpha value is -3.13. The predicted molar refractivity (Wildman–Crippen MR) is 125 cm³/mol. The van der Waals surface area contributed by atoms with Gasteiger partial charge in [-0.1, -0.05) is 12.1 Å². The van der Waals surface area contributed by atoms with Crippen LogP contribution in [0, 0.1) is 5.82 Å². The number of aryl methyl sites for hydroxylation is 2. The molecule has 8 heteroatoms. The minimum atomic E-state index is -0.735. The van der Waals surface area contributed by atoms with Gasteiger partial charge >= 0.3 is 11.6 Å². The van der Waals surface area contributed by atoms with Gasteiger partial charge in [0.15, 0.2) is 0 Å². The molecule has 1 aromatic heterocycles. The molecule has 6 rings (SSSR count). The highest BCUT2D eigenvalue weighted by Gasteiger charge is 2.57. The second-order valence-corrected chi connectivity index (χ2v) is 10.3. The Morgan fingerprint density at radius 2 is 1.88 bits per heavy atom. The van der Waals surface area contributed by atoms with Crippen molar-refractivity contribution in [2.45, 2.75) is 49.6 Å². The highest BCUT2D eigenvalue weighted by molar-refractivity contribution is 8.00. The molecule has 0 N–H and O–H groups in total. The summed E-state index contributed by atoms with van der Waals surface area (Å²) in [5.41, 5.74) is 3.84. The van der Waals surface area contributed by atoms with Gasteiger partial charge in [0.1, 0.15) is 28.9 Å². The lowest BCUT2D eigenvalue weighted by atomic mass is 10.0. The third kappa shape index (κ3) is 3.35. The van der Waals surface area contributed by atoms with Gasteiger partial charge in [0.25, 0.3) is 0 Å². The van der Waals surface area contributed by atoms with Gasteiger partial charge < -0.3 is 14.1 Å². The first-order valence-corrected chi connectivity index (χ1v) is 12.4. The number of rotatable bonds is 4. The molecular weight excluding hydrogens is 457 g/mol. The maximum atomic E-state index is 13.5. The van der Waals surface area contributed by atoms with Crippen molar-refractivity contribution in [3.8, 4) is 0 Å². The van der Waals surface area contributed by atoms with Gasteiger partial charge in [-0.3, -0.25) is 4.79 Å². The van der Waals surface area contributed by atoms with Crippen molar-refractivity contribution in [3.05, 3.63) is 81.0 Å². The molecule has 2 aliphatic heterocycles. The molecule has 6 nitrogen and oxygen atoms in total. The third-order valence-corrected chi connectivity index (χ3v) is 8.70. The van der Waals surface area contributed by atoms with Crippen LogP contribution < -0.4 is 5.63 Å². The van der Waals surface area contributed by atoms with Gasteiger partial charge in [-0.25, -0.2) is 14.0 Å². The van der Waals surface area contributed by atoms with E-state index in [2.05, 4.69) is 0 Å². The molecule has 2 unspecified atom stereocenters. The monoisotopic (exact) mass is 479 g/mol. The fraction of sp³-hybridized carbons (Fsp3) is 0.346. The Bertz CT molecular complexity index is 1380. The molecular formula is C26H22FNO5S. The van der Waals surface area contributed by atoms with Crippen molar-refractivity contribution < 1.29 is 23.1 Å². The van der Waals surface area contributed by atoms with E-state index in [0.717, 1.165) is 30.2 Å². The fourth-order valence-electron chi connectivity index (χ4n) is 5.49. The Kier molecular flexibility index (Phi) is 5.02. The molecule has 3 heterocycles. The van der Waals surface area contributed by atoms with E-state index in [-0.39, 0.29) is 18.3 Å². The Labute approximate surface area is 199 Å². The summed E-state index contributed by atoms with van der Waals surface area (Å²) in [7, 11) is 0. The topological polar surface area (TPSA) is 76.8 Å². The SMILES string of the molecule is O=C(OCc1cc(=O)oc2cc3c(cc12)CCC3)C1CSC2(c3ccc(F)cc3)CCC(=O)N12. The van der Waals surface area contributed by atoms with Gasteiger partial charge in [-0.2, -0.15) is 0 Å². The number of nitrogens with zero attached hydrogens (tertiary/aromatic N) is 1. The predicted octanol–water partition coefficient (Wildman–Crippen LogP) is 4.05. The van der Waals surface area contributed by atoms with Crippen molar-refractivity contribution in [2.24, 2.45) is 0 Å². The minimum absolute atomic E-state index is 0.0769. The maximum absolute atomic E-state index is 13.5. The summed E-state index contributed by atoms with van der Waals surface area (Å²) in [6, 6.07) is 10.7. The lowest BCUT2D eigenvalue weighted by Crippen LogP contribution is -2.46. The second kappa shape index (κ2) is 7.98. The summed E-state index contributed by atoms with van der Waals surface area (Å²) in [4.78, 5) is 39.0. The number of fused-ring (bicyclic) bond motifs is 3. The molecule has 34 heavy (non-hydrogen) atoms. The van der Waals surface area contributed by atoms with Crippen LogP contribution in [0.15, 0.2) is 51.7 Å². The molecule has 3 aromatic rings. The van der Waals surface area contributed by atoms with Crippen molar-refractivity contribution >= 4 is 34.6 Å². The van der Waals surface area contributed by atoms with Crippen LogP contribution in [0.25, 0.3) is 11.0 Å². The molecule has 2 saturated heterocycles. The van der Waals surface area contributed by atoms with E-state index in [1.807, 2.05) is 12.1 Å². The van der Waals surface area contributed by atoms with E-state index in [0.29, 0.717) is 29.7 Å². The van der Waals surface area contributed by atoms with Crippen LogP contribution in [-0.4, -0.2) is 28.6 Å². The standard InChI is InChI=1S/C26H22FNO5S/c27-19-6-4-18(5-7-19)26-9-8-23(29)28(26)21(14-34-26)25(31)32-13-17-12-24(30)33-22-11-16-3-1-2-15(16)10-20(17)22/h4-7,10-12,21H,1-3,8-9,13-14H2. The van der Waals surface area contributed by atoms with Crippen molar-refractivity contribution in [1.82, 2.24) is 4.90 Å². The smallest absolute Gasteiger partial charge is 0.336 e. The number of hydrogen-bond acceptors (Lipinski definition) is 6. The number of halogens is 1. The molecule has 0 radical (unpaired) electrons. The summed E-state index contributed by atoms with van der Waals surface area (Å²) in [5.74, 6) is -0.570. The van der Waals surface area contributed by atoms with Gasteiger partial charge in [0.05, 0.1) is 0 Å². The van der Waals surface area contributed by atoms with Crippen LogP contribution in [0.4, 0.5) is 4.39 Å². The highest BCUT2D eigenvalue weighted by Crippen LogP contribution is 2.54. The number of amides is 1. The van der Waals surface area contributed by atoms with Crippen molar-refractivity contribution in [1.29, 1.82) is 0 Å². The molecule has 0 saturated carbocycles. The van der Waals surface area contributed by atoms with E-state index in [9.17, 15) is 18.8 Å². The van der Waals surface area contributed by atoms with Gasteiger partial charge in [0, 0.05) is 29.2 Å². The van der Waals surface area contributed by atoms with Crippen LogP contribution >= 0.6 is 11.8 Å². The lowest BCUT2D eigenvalue weighted by Gasteiger charge is -2.33. The maximum Gasteiger partial charge on any atom is 0.336 e. The third-order valence-electron chi connectivity index (χ3n) is 7.11. The normalized spacial score (nSPS) is 23.4. The molecule has 1 amide bonds. The van der Waals surface area contributed by atoms with E-state index in [1.165, 1.54) is 41.1 Å². The Morgan fingerprint density at radius 3 is 2.68 bits per heavy atom. The summed E-state index contributed by atoms with van der Waals surface area (Å²) >= 11 is 1.52. The quantitative estimate of drug-likeness (QED) is 0.415. The number of benzene rings is 2. The van der Waals surface area contributed by atoms with Crippen LogP contribution in [0.2, 0.25) is 0 Å². The van der Waals surface area contributed by atoms with Crippen LogP contribution in [0.1, 0.15) is 41.5 Å². The largest absolute Gasteiger partial charge is 0.459 e. The molecule has 0 bridgehead atoms. The van der Waals surface area contributed by atoms with E-state index in [1.54, 1.807) is 17.0 Å². The number of ether oxygens (including phenoxy) is 1. The average molecular weight is 480 g/mol. The van der Waals surface area contributed by atoms with Crippen LogP contribution in [-0.2, 0) is 38.6 Å². The molecule has 2 atom stereocenters. The molecule has 1 aliphatic carbocycles. The Morgan fingerprint density at radius 1 is 1.12 bits per heavy atom. The first-order chi connectivity index (χ1) is 16.4. The van der Waals surface area contributed by atoms with Crippen molar-refractivity contribution in [2.75, 3.05) is 5.75 Å². The summed E-state index contributed by atoms with van der Waals surface area (Å²) in [5, 5.41) is 0.770. The Balaban J connectivity index is 1.26. The first-order valence-electron chi connectivity index (χ1n) is 11.4. The molecule has 2 fully saturated rings. The molecule has 2 aromatic carbocycles. The molecule has 174 valence electrons. The number of carbonyl (C=O) groups excluding carboxylic acids is 2. The fourth-order valence-corrected chi connectivity index (χ4v) is 7.12. The summed E-state index contributed by atoms with van der Waals surface area (Å²) in [6.45, 7) is -0.0769. The molecule has 0 spiro atoms. The highest BCUT2D eigenvalue weighted by atomic mass is 32.2. The zero-order valence-electron chi connectivity index (χ0n) is 18.3. The van der Waals surface area contributed by atoms with Gasteiger partial charge in [0.2, 0.25) is 5.91 Å². The van der Waals surface area contributed by atoms with Crippen LogP contribution in [0.3, 0.4) is 0 Å². The average Bonchev–Trinajstić information content (AvgIpc) is 3.52. The zero-order chi connectivity index (χ0) is 23.4. The lowest BCUT2D eigenvalue weighted by molar-refractivity contribution is -0.155. The van der Waals surface area contributed by atoms with Crippen molar-refractivity contribution in [3.63, 3.8) is 0 Å². The van der Waals surface area contributed by atoms with E-state index >= 15 is 0 Å². The van der Waals surface area contributed by atoms with Gasteiger partial charge in [-0.15, -0.1) is 11.8 Å². The number of esters is 1.